The minimum absolute atomic E-state index is 0.0750. The van der Waals surface area contributed by atoms with Crippen LogP contribution >= 0.6 is 0 Å². The summed E-state index contributed by atoms with van der Waals surface area (Å²) in [4.78, 5) is 30.7. The number of carbonyl (C=O) groups is 2. The second-order valence-electron chi connectivity index (χ2n) is 8.95. The number of ether oxygens (including phenoxy) is 1. The van der Waals surface area contributed by atoms with Crippen LogP contribution in [-0.4, -0.2) is 48.1 Å². The van der Waals surface area contributed by atoms with E-state index in [9.17, 15) is 14.7 Å². The molecule has 1 saturated heterocycles. The maximum Gasteiger partial charge on any atom is 0.282 e. The van der Waals surface area contributed by atoms with E-state index in [1.54, 1.807) is 0 Å². The third kappa shape index (κ3) is 4.53. The van der Waals surface area contributed by atoms with Crippen LogP contribution in [0.5, 0.6) is 5.75 Å². The number of nitrogens with zero attached hydrogens (tertiary/aromatic N) is 2. The zero-order valence-corrected chi connectivity index (χ0v) is 19.6. The summed E-state index contributed by atoms with van der Waals surface area (Å²) in [6.07, 6.45) is 2.70. The average molecular weight is 449 g/mol. The van der Waals surface area contributed by atoms with Gasteiger partial charge in [-0.05, 0) is 80.0 Å². The molecule has 6 heteroatoms. The Hall–Kier alpha value is -3.12. The highest BCUT2D eigenvalue weighted by Gasteiger charge is 2.43. The largest absolute Gasteiger partial charge is 0.494 e. The Morgan fingerprint density at radius 3 is 2.45 bits per heavy atom. The number of aliphatic hydroxyl groups excluding tert-OH is 1. The van der Waals surface area contributed by atoms with Gasteiger partial charge in [0.1, 0.15) is 11.4 Å². The number of carbonyl (C=O) groups excluding carboxylic acids is 2. The van der Waals surface area contributed by atoms with Crippen molar-refractivity contribution in [2.24, 2.45) is 5.92 Å². The van der Waals surface area contributed by atoms with E-state index in [0.717, 1.165) is 36.1 Å². The molecule has 1 unspecified atom stereocenters. The lowest BCUT2D eigenvalue weighted by atomic mass is 9.97. The van der Waals surface area contributed by atoms with Gasteiger partial charge >= 0.3 is 0 Å². The summed E-state index contributed by atoms with van der Waals surface area (Å²) in [6.45, 7) is 7.98. The molecule has 2 aromatic rings. The van der Waals surface area contributed by atoms with Crippen LogP contribution in [0.2, 0.25) is 0 Å². The molecule has 2 aliphatic heterocycles. The van der Waals surface area contributed by atoms with E-state index < -0.39 is 0 Å². The van der Waals surface area contributed by atoms with Crippen LogP contribution in [0.15, 0.2) is 48.2 Å². The Bertz CT molecular complexity index is 1070. The summed E-state index contributed by atoms with van der Waals surface area (Å²) >= 11 is 0. The molecule has 1 atom stereocenters. The lowest BCUT2D eigenvalue weighted by molar-refractivity contribution is -0.120. The summed E-state index contributed by atoms with van der Waals surface area (Å²) in [5.41, 5.74) is 4.26. The van der Waals surface area contributed by atoms with Gasteiger partial charge in [0, 0.05) is 19.7 Å². The molecule has 174 valence electrons. The molecular weight excluding hydrogens is 416 g/mol. The predicted molar refractivity (Wildman–Crippen MR) is 129 cm³/mol. The molecule has 2 aromatic carbocycles. The minimum atomic E-state index is -0.313. The fraction of sp³-hybridized carbons (Fsp3) is 0.407. The molecule has 0 spiro atoms. The number of benzene rings is 2. The molecule has 0 saturated carbocycles. The summed E-state index contributed by atoms with van der Waals surface area (Å²) in [7, 11) is 0. The van der Waals surface area contributed by atoms with E-state index in [2.05, 4.69) is 0 Å². The number of amides is 2. The van der Waals surface area contributed by atoms with E-state index in [1.165, 1.54) is 4.90 Å². The highest BCUT2D eigenvalue weighted by Crippen LogP contribution is 2.37. The summed E-state index contributed by atoms with van der Waals surface area (Å²) in [5.74, 6) is 0.217. The van der Waals surface area contributed by atoms with E-state index in [-0.39, 0.29) is 24.3 Å². The van der Waals surface area contributed by atoms with Gasteiger partial charge in [-0.25, -0.2) is 4.90 Å². The highest BCUT2D eigenvalue weighted by molar-refractivity contribution is 6.45. The van der Waals surface area contributed by atoms with Crippen molar-refractivity contribution < 1.29 is 19.4 Å². The van der Waals surface area contributed by atoms with Crippen LogP contribution in [0.3, 0.4) is 0 Å². The minimum Gasteiger partial charge on any atom is -0.494 e. The maximum absolute atomic E-state index is 13.7. The van der Waals surface area contributed by atoms with Crippen LogP contribution in [0, 0.1) is 19.8 Å². The highest BCUT2D eigenvalue weighted by atomic mass is 16.5. The normalized spacial score (nSPS) is 19.0. The van der Waals surface area contributed by atoms with Gasteiger partial charge in [-0.3, -0.25) is 9.59 Å². The second kappa shape index (κ2) is 9.79. The summed E-state index contributed by atoms with van der Waals surface area (Å²) in [6, 6.07) is 13.0. The van der Waals surface area contributed by atoms with Gasteiger partial charge in [0.05, 0.1) is 17.9 Å². The van der Waals surface area contributed by atoms with E-state index in [0.29, 0.717) is 42.2 Å². The van der Waals surface area contributed by atoms with Crippen molar-refractivity contribution in [1.82, 2.24) is 4.90 Å². The van der Waals surface area contributed by atoms with Crippen molar-refractivity contribution in [2.75, 3.05) is 31.2 Å². The van der Waals surface area contributed by atoms with Gasteiger partial charge in [-0.2, -0.15) is 0 Å². The standard InChI is InChI=1S/C27H32N2O4/c1-4-14-33-23-11-8-21(9-12-23)24-25(28-13-5-6-20(16-28)17-30)27(32)29(26(24)31)22-10-7-18(2)19(3)15-22/h7-12,15,20,30H,4-6,13-14,16-17H2,1-3H3. The molecule has 0 aliphatic carbocycles. The van der Waals surface area contributed by atoms with Gasteiger partial charge in [0.15, 0.2) is 0 Å². The van der Waals surface area contributed by atoms with Crippen molar-refractivity contribution in [3.63, 3.8) is 0 Å². The Morgan fingerprint density at radius 1 is 1.03 bits per heavy atom. The monoisotopic (exact) mass is 448 g/mol. The van der Waals surface area contributed by atoms with Crippen LogP contribution < -0.4 is 9.64 Å². The van der Waals surface area contributed by atoms with Crippen molar-refractivity contribution in [3.05, 3.63) is 64.9 Å². The second-order valence-corrected chi connectivity index (χ2v) is 8.95. The molecule has 2 heterocycles. The van der Waals surface area contributed by atoms with Crippen LogP contribution in [-0.2, 0) is 9.59 Å². The Morgan fingerprint density at radius 2 is 1.79 bits per heavy atom. The van der Waals surface area contributed by atoms with Crippen molar-refractivity contribution in [3.8, 4) is 5.75 Å². The Kier molecular flexibility index (Phi) is 6.84. The topological polar surface area (TPSA) is 70.1 Å². The molecule has 2 amide bonds. The van der Waals surface area contributed by atoms with Crippen LogP contribution in [0.4, 0.5) is 5.69 Å². The molecule has 33 heavy (non-hydrogen) atoms. The smallest absolute Gasteiger partial charge is 0.282 e. The molecule has 4 rings (SSSR count). The van der Waals surface area contributed by atoms with Gasteiger partial charge in [0.25, 0.3) is 11.8 Å². The Balaban J connectivity index is 1.76. The lowest BCUT2D eigenvalue weighted by Gasteiger charge is -2.34. The molecule has 0 bridgehead atoms. The number of hydrogen-bond donors (Lipinski definition) is 1. The third-order valence-corrected chi connectivity index (χ3v) is 6.52. The average Bonchev–Trinajstić information content (AvgIpc) is 3.09. The molecule has 1 fully saturated rings. The number of imide groups is 1. The van der Waals surface area contributed by atoms with Crippen LogP contribution in [0.25, 0.3) is 5.57 Å². The number of anilines is 1. The first kappa shape index (κ1) is 23.1. The SMILES string of the molecule is CCCOc1ccc(C2=C(N3CCCC(CO)C3)C(=O)N(c3ccc(C)c(C)c3)C2=O)cc1. The summed E-state index contributed by atoms with van der Waals surface area (Å²) in [5, 5.41) is 9.72. The first-order chi connectivity index (χ1) is 15.9. The van der Waals surface area contributed by atoms with Gasteiger partial charge in [-0.15, -0.1) is 0 Å². The van der Waals surface area contributed by atoms with E-state index in [4.69, 9.17) is 4.74 Å². The van der Waals surface area contributed by atoms with Gasteiger partial charge in [0.2, 0.25) is 0 Å². The van der Waals surface area contributed by atoms with Gasteiger partial charge < -0.3 is 14.7 Å². The molecule has 6 nitrogen and oxygen atoms in total. The molecule has 0 radical (unpaired) electrons. The van der Waals surface area contributed by atoms with E-state index >= 15 is 0 Å². The predicted octanol–water partition coefficient (Wildman–Crippen LogP) is 4.08. The fourth-order valence-electron chi connectivity index (χ4n) is 4.53. The first-order valence-corrected chi connectivity index (χ1v) is 11.7. The number of likely N-dealkylation sites (tertiary alicyclic amines) is 1. The molecule has 0 aromatic heterocycles. The third-order valence-electron chi connectivity index (χ3n) is 6.52. The lowest BCUT2D eigenvalue weighted by Crippen LogP contribution is -2.40. The van der Waals surface area contributed by atoms with Crippen molar-refractivity contribution in [2.45, 2.75) is 40.0 Å². The maximum atomic E-state index is 13.7. The number of hydrogen-bond acceptors (Lipinski definition) is 5. The van der Waals surface area contributed by atoms with Gasteiger partial charge in [-0.1, -0.05) is 25.1 Å². The number of piperidine rings is 1. The quantitative estimate of drug-likeness (QED) is 0.647. The molecule has 2 aliphatic rings. The van der Waals surface area contributed by atoms with Crippen LogP contribution in [0.1, 0.15) is 42.9 Å². The molecule has 1 N–H and O–H groups in total. The molecular formula is C27H32N2O4. The van der Waals surface area contributed by atoms with E-state index in [1.807, 2.05) is 68.1 Å². The van der Waals surface area contributed by atoms with Crippen molar-refractivity contribution in [1.29, 1.82) is 0 Å². The summed E-state index contributed by atoms with van der Waals surface area (Å²) < 4.78 is 5.69. The Labute approximate surface area is 195 Å². The van der Waals surface area contributed by atoms with Crippen molar-refractivity contribution >= 4 is 23.1 Å². The first-order valence-electron chi connectivity index (χ1n) is 11.7. The fourth-order valence-corrected chi connectivity index (χ4v) is 4.53. The zero-order chi connectivity index (χ0) is 23.5. The number of rotatable bonds is 7. The number of aryl methyl sites for hydroxylation is 2. The zero-order valence-electron chi connectivity index (χ0n) is 19.6. The number of aliphatic hydroxyl groups is 1.